The number of fused-ring (bicyclic) bond motifs is 1. The zero-order chi connectivity index (χ0) is 26.3. The van der Waals surface area contributed by atoms with Crippen LogP contribution in [0.4, 0.5) is 20.2 Å². The fourth-order valence-corrected chi connectivity index (χ4v) is 4.94. The van der Waals surface area contributed by atoms with Crippen molar-refractivity contribution in [3.63, 3.8) is 0 Å². The van der Waals surface area contributed by atoms with Crippen LogP contribution in [0, 0.1) is 11.6 Å². The SMILES string of the molecule is CCN(CC)c1ccc(C2/C(=C(/O)c3c[nH]c4ccccc34)C(=O)C(=O)N2c2ccc(F)cc2F)cc1. The van der Waals surface area contributed by atoms with E-state index in [-0.39, 0.29) is 17.0 Å². The minimum absolute atomic E-state index is 0.172. The first kappa shape index (κ1) is 24.2. The summed E-state index contributed by atoms with van der Waals surface area (Å²) in [5.41, 5.74) is 2.10. The number of Topliss-reactive ketones (excluding diaryl/α,β-unsaturated/α-hetero) is 1. The molecule has 1 amide bonds. The Balaban J connectivity index is 1.72. The highest BCUT2D eigenvalue weighted by atomic mass is 19.1. The highest BCUT2D eigenvalue weighted by molar-refractivity contribution is 6.51. The van der Waals surface area contributed by atoms with E-state index < -0.39 is 29.4 Å². The van der Waals surface area contributed by atoms with Gasteiger partial charge in [0, 0.05) is 47.5 Å². The number of carbonyl (C=O) groups is 2. The average Bonchev–Trinajstić information content (AvgIpc) is 3.44. The standard InChI is InChI=1S/C29H25F2N3O3/c1-3-33(4-2)19-12-9-17(10-13-19)26-25(27(35)21-16-32-23-8-6-5-7-20(21)23)28(36)29(37)34(26)24-14-11-18(30)15-22(24)31/h5-16,26,32,35H,3-4H2,1-2H3/b27-25-. The first-order valence-electron chi connectivity index (χ1n) is 12.0. The number of para-hydroxylation sites is 1. The van der Waals surface area contributed by atoms with Crippen LogP contribution in [-0.4, -0.2) is 34.9 Å². The lowest BCUT2D eigenvalue weighted by molar-refractivity contribution is -0.132. The second-order valence-electron chi connectivity index (χ2n) is 8.78. The molecule has 1 aliphatic rings. The van der Waals surface area contributed by atoms with Crippen molar-refractivity contribution in [2.75, 3.05) is 22.9 Å². The van der Waals surface area contributed by atoms with Crippen LogP contribution >= 0.6 is 0 Å². The molecule has 0 saturated carbocycles. The van der Waals surface area contributed by atoms with E-state index in [1.807, 2.05) is 38.1 Å². The van der Waals surface area contributed by atoms with Gasteiger partial charge in [0.1, 0.15) is 17.4 Å². The molecular formula is C29H25F2N3O3. The lowest BCUT2D eigenvalue weighted by atomic mass is 9.94. The second kappa shape index (κ2) is 9.54. The van der Waals surface area contributed by atoms with Gasteiger partial charge in [-0.25, -0.2) is 8.78 Å². The molecule has 0 bridgehead atoms. The Morgan fingerprint density at radius 2 is 1.70 bits per heavy atom. The number of carbonyl (C=O) groups excluding carboxylic acids is 2. The Hall–Kier alpha value is -4.46. The predicted octanol–water partition coefficient (Wildman–Crippen LogP) is 5.92. The van der Waals surface area contributed by atoms with E-state index in [0.717, 1.165) is 41.3 Å². The quantitative estimate of drug-likeness (QED) is 0.195. The van der Waals surface area contributed by atoms with Gasteiger partial charge >= 0.3 is 0 Å². The number of rotatable bonds is 6. The van der Waals surface area contributed by atoms with E-state index in [4.69, 9.17) is 0 Å². The van der Waals surface area contributed by atoms with Crippen LogP contribution in [0.25, 0.3) is 16.7 Å². The molecule has 4 aromatic rings. The highest BCUT2D eigenvalue weighted by Crippen LogP contribution is 2.44. The van der Waals surface area contributed by atoms with Gasteiger partial charge in [-0.05, 0) is 49.7 Å². The molecule has 0 radical (unpaired) electrons. The van der Waals surface area contributed by atoms with Crippen LogP contribution in [0.3, 0.4) is 0 Å². The smallest absolute Gasteiger partial charge is 0.300 e. The number of halogens is 2. The summed E-state index contributed by atoms with van der Waals surface area (Å²) in [4.78, 5) is 32.8. The number of H-pyrrole nitrogens is 1. The molecular weight excluding hydrogens is 476 g/mol. The fraction of sp³-hybridized carbons (Fsp3) is 0.172. The van der Waals surface area contributed by atoms with Crippen LogP contribution in [0.1, 0.15) is 31.0 Å². The number of amides is 1. The number of hydrogen-bond donors (Lipinski definition) is 2. The summed E-state index contributed by atoms with van der Waals surface area (Å²) < 4.78 is 28.6. The molecule has 188 valence electrons. The zero-order valence-electron chi connectivity index (χ0n) is 20.3. The molecule has 0 aliphatic carbocycles. The molecule has 1 fully saturated rings. The van der Waals surface area contributed by atoms with E-state index in [0.29, 0.717) is 22.6 Å². The number of aliphatic hydroxyl groups is 1. The molecule has 3 aromatic carbocycles. The Morgan fingerprint density at radius 3 is 2.38 bits per heavy atom. The maximum atomic E-state index is 14.9. The minimum atomic E-state index is -1.13. The Morgan fingerprint density at radius 1 is 1.00 bits per heavy atom. The van der Waals surface area contributed by atoms with Crippen molar-refractivity contribution in [1.29, 1.82) is 0 Å². The van der Waals surface area contributed by atoms with Crippen molar-refractivity contribution in [2.45, 2.75) is 19.9 Å². The molecule has 1 saturated heterocycles. The summed E-state index contributed by atoms with van der Waals surface area (Å²) in [5.74, 6) is -4.14. The van der Waals surface area contributed by atoms with Gasteiger partial charge in [0.15, 0.2) is 0 Å². The lowest BCUT2D eigenvalue weighted by Gasteiger charge is -2.27. The number of aromatic amines is 1. The monoisotopic (exact) mass is 501 g/mol. The molecule has 1 atom stereocenters. The molecule has 0 spiro atoms. The van der Waals surface area contributed by atoms with Crippen LogP contribution in [-0.2, 0) is 9.59 Å². The molecule has 8 heteroatoms. The van der Waals surface area contributed by atoms with Gasteiger partial charge in [0.05, 0.1) is 17.3 Å². The molecule has 1 aromatic heterocycles. The maximum absolute atomic E-state index is 14.9. The van der Waals surface area contributed by atoms with E-state index in [9.17, 15) is 23.5 Å². The molecule has 1 unspecified atom stereocenters. The Labute approximate surface area is 212 Å². The molecule has 2 heterocycles. The normalized spacial score (nSPS) is 17.1. The van der Waals surface area contributed by atoms with Crippen molar-refractivity contribution in [2.24, 2.45) is 0 Å². The van der Waals surface area contributed by atoms with Gasteiger partial charge in [-0.2, -0.15) is 0 Å². The van der Waals surface area contributed by atoms with Gasteiger partial charge < -0.3 is 15.0 Å². The number of nitrogens with one attached hydrogen (secondary N) is 1. The summed E-state index contributed by atoms with van der Waals surface area (Å²) in [6.07, 6.45) is 1.56. The molecule has 37 heavy (non-hydrogen) atoms. The Bertz CT molecular complexity index is 1540. The topological polar surface area (TPSA) is 76.6 Å². The van der Waals surface area contributed by atoms with Crippen molar-refractivity contribution in [3.05, 3.63) is 101 Å². The summed E-state index contributed by atoms with van der Waals surface area (Å²) in [6, 6.07) is 16.1. The number of aromatic nitrogens is 1. The molecule has 2 N–H and O–H groups in total. The average molecular weight is 502 g/mol. The van der Waals surface area contributed by atoms with Gasteiger partial charge in [0.2, 0.25) is 0 Å². The van der Waals surface area contributed by atoms with Crippen LogP contribution in [0.5, 0.6) is 0 Å². The summed E-state index contributed by atoms with van der Waals surface area (Å²) in [5, 5.41) is 12.1. The van der Waals surface area contributed by atoms with E-state index in [1.54, 1.807) is 30.5 Å². The number of ketones is 1. The fourth-order valence-electron chi connectivity index (χ4n) is 4.94. The summed E-state index contributed by atoms with van der Waals surface area (Å²) in [6.45, 7) is 5.64. The van der Waals surface area contributed by atoms with Crippen LogP contribution in [0.15, 0.2) is 78.5 Å². The van der Waals surface area contributed by atoms with Gasteiger partial charge in [0.25, 0.3) is 11.7 Å². The van der Waals surface area contributed by atoms with Gasteiger partial charge in [-0.1, -0.05) is 30.3 Å². The van der Waals surface area contributed by atoms with Crippen molar-refractivity contribution in [1.82, 2.24) is 4.98 Å². The largest absolute Gasteiger partial charge is 0.507 e. The molecule has 5 rings (SSSR count). The van der Waals surface area contributed by atoms with Crippen molar-refractivity contribution in [3.8, 4) is 0 Å². The van der Waals surface area contributed by atoms with E-state index in [2.05, 4.69) is 9.88 Å². The van der Waals surface area contributed by atoms with Crippen molar-refractivity contribution >= 4 is 39.7 Å². The van der Waals surface area contributed by atoms with Crippen LogP contribution < -0.4 is 9.80 Å². The van der Waals surface area contributed by atoms with E-state index in [1.165, 1.54) is 0 Å². The van der Waals surface area contributed by atoms with Crippen molar-refractivity contribution < 1.29 is 23.5 Å². The number of aliphatic hydroxyl groups excluding tert-OH is 1. The molecule has 6 nitrogen and oxygen atoms in total. The predicted molar refractivity (Wildman–Crippen MR) is 139 cm³/mol. The lowest BCUT2D eigenvalue weighted by Crippen LogP contribution is -2.30. The summed E-state index contributed by atoms with van der Waals surface area (Å²) >= 11 is 0. The number of benzene rings is 3. The zero-order valence-corrected chi connectivity index (χ0v) is 20.3. The van der Waals surface area contributed by atoms with E-state index >= 15 is 0 Å². The van der Waals surface area contributed by atoms with Gasteiger partial charge in [-0.15, -0.1) is 0 Å². The number of nitrogens with zero attached hydrogens (tertiary/aromatic N) is 2. The second-order valence-corrected chi connectivity index (χ2v) is 8.78. The number of hydrogen-bond acceptors (Lipinski definition) is 4. The molecule has 1 aliphatic heterocycles. The first-order chi connectivity index (χ1) is 17.8. The first-order valence-corrected chi connectivity index (χ1v) is 12.0. The third-order valence-electron chi connectivity index (χ3n) is 6.80. The third kappa shape index (κ3) is 4.04. The minimum Gasteiger partial charge on any atom is -0.507 e. The maximum Gasteiger partial charge on any atom is 0.300 e. The third-order valence-corrected chi connectivity index (χ3v) is 6.80. The Kier molecular flexibility index (Phi) is 6.25. The van der Waals surface area contributed by atoms with Crippen LogP contribution in [0.2, 0.25) is 0 Å². The summed E-state index contributed by atoms with van der Waals surface area (Å²) in [7, 11) is 0. The highest BCUT2D eigenvalue weighted by Gasteiger charge is 2.48. The number of anilines is 2. The van der Waals surface area contributed by atoms with Gasteiger partial charge in [-0.3, -0.25) is 14.5 Å².